The van der Waals surface area contributed by atoms with Crippen molar-refractivity contribution < 1.29 is 23.0 Å². The predicted octanol–water partition coefficient (Wildman–Crippen LogP) is 6.39. The third kappa shape index (κ3) is 4.71. The average Bonchev–Trinajstić information content (AvgIpc) is 3.37. The molecule has 2 aliphatic heterocycles. The van der Waals surface area contributed by atoms with Crippen LogP contribution in [0.4, 0.5) is 13.2 Å². The van der Waals surface area contributed by atoms with Crippen LogP contribution in [0.1, 0.15) is 47.1 Å². The number of alkyl halides is 3. The fourth-order valence-electron chi connectivity index (χ4n) is 9.47. The molecule has 2 unspecified atom stereocenters. The fraction of sp³-hybridized carbons (Fsp3) is 0.459. The number of phenolic OH excluding ortho intramolecular Hbond substituents is 1. The van der Waals surface area contributed by atoms with Crippen LogP contribution in [0.5, 0.6) is 11.5 Å². The predicted molar refractivity (Wildman–Crippen MR) is 171 cm³/mol. The van der Waals surface area contributed by atoms with Crippen LogP contribution in [0.2, 0.25) is 0 Å². The van der Waals surface area contributed by atoms with Gasteiger partial charge in [-0.25, -0.2) is 0 Å². The second-order valence-corrected chi connectivity index (χ2v) is 13.6. The molecule has 5 atom stereocenters. The molecule has 3 aromatic rings. The highest BCUT2D eigenvalue weighted by Crippen LogP contribution is 2.67. The van der Waals surface area contributed by atoms with E-state index in [-0.39, 0.29) is 28.8 Å². The van der Waals surface area contributed by atoms with E-state index >= 15 is 0 Å². The van der Waals surface area contributed by atoms with Gasteiger partial charge in [-0.2, -0.15) is 13.2 Å². The minimum absolute atomic E-state index is 0.0819. The van der Waals surface area contributed by atoms with Gasteiger partial charge < -0.3 is 14.7 Å². The molecule has 0 aromatic heterocycles. The summed E-state index contributed by atoms with van der Waals surface area (Å²) in [6.45, 7) is 2.54. The molecule has 5 nitrogen and oxygen atoms in total. The summed E-state index contributed by atoms with van der Waals surface area (Å²) in [6, 6.07) is 20.5. The minimum Gasteiger partial charge on any atom is -0.504 e. The van der Waals surface area contributed by atoms with Crippen molar-refractivity contribution in [2.45, 2.75) is 67.4 Å². The number of likely N-dealkylation sites (N-methyl/N-ethyl adjacent to an activating group) is 2. The van der Waals surface area contributed by atoms with Gasteiger partial charge in [0.05, 0.1) is 11.0 Å². The minimum atomic E-state index is -4.37. The Kier molecular flexibility index (Phi) is 7.53. The number of phenols is 1. The Hall–Kier alpha value is -3.33. The van der Waals surface area contributed by atoms with Crippen molar-refractivity contribution in [1.82, 2.24) is 14.7 Å². The molecule has 8 heteroatoms. The molecule has 3 aromatic carbocycles. The second kappa shape index (κ2) is 11.2. The first-order valence-corrected chi connectivity index (χ1v) is 16.1. The second-order valence-electron chi connectivity index (χ2n) is 13.6. The van der Waals surface area contributed by atoms with Gasteiger partial charge in [-0.05, 0) is 94.7 Å². The molecule has 0 amide bonds. The Bertz CT molecular complexity index is 1590. The van der Waals surface area contributed by atoms with Crippen molar-refractivity contribution in [3.05, 3.63) is 101 Å². The summed E-state index contributed by atoms with van der Waals surface area (Å²) in [4.78, 5) is 7.47. The van der Waals surface area contributed by atoms with Gasteiger partial charge >= 0.3 is 6.18 Å². The monoisotopic (exact) mass is 617 g/mol. The van der Waals surface area contributed by atoms with E-state index in [0.29, 0.717) is 23.9 Å². The fourth-order valence-corrected chi connectivity index (χ4v) is 9.47. The van der Waals surface area contributed by atoms with E-state index in [2.05, 4.69) is 72.2 Å². The van der Waals surface area contributed by atoms with Gasteiger partial charge in [0.25, 0.3) is 0 Å². The molecule has 2 heterocycles. The molecular formula is C37H42F3N3O2. The zero-order valence-electron chi connectivity index (χ0n) is 26.2. The molecule has 4 aliphatic rings. The quantitative estimate of drug-likeness (QED) is 0.317. The van der Waals surface area contributed by atoms with E-state index in [1.807, 2.05) is 6.08 Å². The number of hydrogen-bond donors (Lipinski definition) is 1. The number of ether oxygens (including phenoxy) is 1. The van der Waals surface area contributed by atoms with Crippen LogP contribution >= 0.6 is 0 Å². The Balaban J connectivity index is 1.20. The Labute approximate surface area is 263 Å². The SMILES string of the molecule is CN(C/C=C/c1cccc(C(F)(F)F)c1)C1CC[C@@]2(N(C)C)[C@H]3Cc4ccc(O)c5c4[C@@]2(CCN3CCc2ccccc2)C1O5. The standard InChI is InChI=1S/C37H42F3N3O2/c1-41(2)36-18-16-29(42(3)20-8-12-26-11-7-13-28(23-26)37(38,39)40)34-35(36)19-22-43(21-17-25-9-5-4-6-10-25)31(36)24-27-14-15-30(44)33(45-34)32(27)35/h4-15,23,29,31,34,44H,16-22,24H2,1-3H3/b12-8+/t29?,31-,34?,35+,36-/m1/s1. The molecule has 0 radical (unpaired) electrons. The molecule has 7 rings (SSSR count). The number of piperidine rings is 1. The van der Waals surface area contributed by atoms with Crippen LogP contribution < -0.4 is 4.74 Å². The van der Waals surface area contributed by atoms with Gasteiger partial charge in [0, 0.05) is 36.3 Å². The summed E-state index contributed by atoms with van der Waals surface area (Å²) in [5.41, 5.74) is 3.29. The van der Waals surface area contributed by atoms with Gasteiger partial charge in [-0.15, -0.1) is 0 Å². The summed E-state index contributed by atoms with van der Waals surface area (Å²) < 4.78 is 46.7. The highest BCUT2D eigenvalue weighted by molar-refractivity contribution is 5.63. The van der Waals surface area contributed by atoms with Gasteiger partial charge in [0.15, 0.2) is 11.5 Å². The third-order valence-electron chi connectivity index (χ3n) is 11.4. The van der Waals surface area contributed by atoms with Crippen molar-refractivity contribution in [2.75, 3.05) is 40.8 Å². The van der Waals surface area contributed by atoms with Gasteiger partial charge in [0.2, 0.25) is 0 Å². The first kappa shape index (κ1) is 30.3. The van der Waals surface area contributed by atoms with Gasteiger partial charge in [-0.1, -0.05) is 60.7 Å². The lowest BCUT2D eigenvalue weighted by Crippen LogP contribution is -2.82. The van der Waals surface area contributed by atoms with Gasteiger partial charge in [-0.3, -0.25) is 9.80 Å². The molecule has 45 heavy (non-hydrogen) atoms. The number of halogens is 3. The first-order chi connectivity index (χ1) is 21.6. The van der Waals surface area contributed by atoms with E-state index in [1.54, 1.807) is 18.2 Å². The molecule has 2 bridgehead atoms. The summed E-state index contributed by atoms with van der Waals surface area (Å²) >= 11 is 0. The summed E-state index contributed by atoms with van der Waals surface area (Å²) in [6.07, 6.45) is 3.98. The maximum absolute atomic E-state index is 13.3. The molecule has 2 fully saturated rings. The van der Waals surface area contributed by atoms with Crippen LogP contribution in [0.3, 0.4) is 0 Å². The number of hydrogen-bond acceptors (Lipinski definition) is 5. The lowest BCUT2D eigenvalue weighted by atomic mass is 9.46. The van der Waals surface area contributed by atoms with E-state index in [9.17, 15) is 18.3 Å². The van der Waals surface area contributed by atoms with Crippen molar-refractivity contribution in [2.24, 2.45) is 0 Å². The van der Waals surface area contributed by atoms with Crippen LogP contribution in [-0.2, 0) is 24.4 Å². The molecule has 2 aliphatic carbocycles. The molecule has 1 saturated carbocycles. The highest BCUT2D eigenvalue weighted by atomic mass is 19.4. The Morgan fingerprint density at radius 3 is 2.58 bits per heavy atom. The van der Waals surface area contributed by atoms with Crippen molar-refractivity contribution in [1.29, 1.82) is 0 Å². The Morgan fingerprint density at radius 2 is 1.82 bits per heavy atom. The molecule has 1 spiro atoms. The van der Waals surface area contributed by atoms with Crippen molar-refractivity contribution in [3.8, 4) is 11.5 Å². The number of likely N-dealkylation sites (tertiary alicyclic amines) is 1. The van der Waals surface area contributed by atoms with E-state index in [0.717, 1.165) is 51.3 Å². The summed E-state index contributed by atoms with van der Waals surface area (Å²) in [5, 5.41) is 11.1. The number of rotatable bonds is 8. The van der Waals surface area contributed by atoms with E-state index in [4.69, 9.17) is 4.74 Å². The summed E-state index contributed by atoms with van der Waals surface area (Å²) in [5.74, 6) is 0.862. The topological polar surface area (TPSA) is 39.2 Å². The molecular weight excluding hydrogens is 575 g/mol. The molecule has 1 saturated heterocycles. The number of aromatic hydroxyl groups is 1. The van der Waals surface area contributed by atoms with E-state index < -0.39 is 11.7 Å². The van der Waals surface area contributed by atoms with Crippen LogP contribution in [0, 0.1) is 0 Å². The lowest BCUT2D eigenvalue weighted by molar-refractivity contribution is -0.153. The largest absolute Gasteiger partial charge is 0.504 e. The first-order valence-electron chi connectivity index (χ1n) is 16.1. The Morgan fingerprint density at radius 1 is 1.02 bits per heavy atom. The van der Waals surface area contributed by atoms with Crippen LogP contribution in [0.25, 0.3) is 6.08 Å². The molecule has 1 N–H and O–H groups in total. The smallest absolute Gasteiger partial charge is 0.416 e. The van der Waals surface area contributed by atoms with Crippen molar-refractivity contribution in [3.63, 3.8) is 0 Å². The highest BCUT2D eigenvalue weighted by Gasteiger charge is 2.74. The van der Waals surface area contributed by atoms with Crippen LogP contribution in [-0.4, -0.2) is 84.3 Å². The van der Waals surface area contributed by atoms with Crippen LogP contribution in [0.15, 0.2) is 72.8 Å². The van der Waals surface area contributed by atoms with Gasteiger partial charge in [0.1, 0.15) is 6.10 Å². The van der Waals surface area contributed by atoms with Crippen molar-refractivity contribution >= 4 is 6.08 Å². The zero-order valence-corrected chi connectivity index (χ0v) is 26.2. The number of nitrogens with zero attached hydrogens (tertiary/aromatic N) is 3. The normalized spacial score (nSPS) is 28.9. The van der Waals surface area contributed by atoms with E-state index in [1.165, 1.54) is 28.8 Å². The maximum atomic E-state index is 13.3. The molecule has 238 valence electrons. The average molecular weight is 618 g/mol. The maximum Gasteiger partial charge on any atom is 0.416 e. The number of benzene rings is 3. The third-order valence-corrected chi connectivity index (χ3v) is 11.4. The zero-order chi connectivity index (χ0) is 31.6. The summed E-state index contributed by atoms with van der Waals surface area (Å²) in [7, 11) is 6.53. The lowest BCUT2D eigenvalue weighted by Gasteiger charge is -2.69.